The molecular formula is C22H23ClN4O3S. The number of nitrogens with zero attached hydrogens (tertiary/aromatic N) is 2. The number of ether oxygens (including phenoxy) is 2. The fourth-order valence-electron chi connectivity index (χ4n) is 3.42. The Bertz CT molecular complexity index is 1160. The summed E-state index contributed by atoms with van der Waals surface area (Å²) in [6.07, 6.45) is 1.07. The molecule has 0 spiro atoms. The van der Waals surface area contributed by atoms with Crippen LogP contribution >= 0.6 is 23.8 Å². The molecule has 7 nitrogen and oxygen atoms in total. The molecule has 3 aromatic rings. The fourth-order valence-corrected chi connectivity index (χ4v) is 3.93. The van der Waals surface area contributed by atoms with Gasteiger partial charge in [-0.2, -0.15) is 5.10 Å². The number of halogens is 1. The number of nitrogens with one attached hydrogen (secondary N) is 2. The van der Waals surface area contributed by atoms with Crippen molar-refractivity contribution in [3.8, 4) is 22.9 Å². The van der Waals surface area contributed by atoms with Crippen LogP contribution < -0.4 is 14.8 Å². The van der Waals surface area contributed by atoms with E-state index in [1.165, 1.54) is 0 Å². The lowest BCUT2D eigenvalue weighted by Gasteiger charge is -2.12. The maximum atomic E-state index is 12.5. The average molecular weight is 459 g/mol. The monoisotopic (exact) mass is 458 g/mol. The van der Waals surface area contributed by atoms with Gasteiger partial charge in [0, 0.05) is 31.5 Å². The van der Waals surface area contributed by atoms with Gasteiger partial charge in [-0.25, -0.2) is 0 Å². The predicted molar refractivity (Wildman–Crippen MR) is 121 cm³/mol. The van der Waals surface area contributed by atoms with Crippen LogP contribution in [0.2, 0.25) is 5.02 Å². The van der Waals surface area contributed by atoms with E-state index < -0.39 is 0 Å². The number of hydrogen-bond donors (Lipinski definition) is 2. The molecule has 9 heteroatoms. The molecule has 4 rings (SSSR count). The van der Waals surface area contributed by atoms with E-state index >= 15 is 0 Å². The summed E-state index contributed by atoms with van der Waals surface area (Å²) in [6.45, 7) is 3.94. The third-order valence-corrected chi connectivity index (χ3v) is 5.54. The molecule has 1 aromatic heterocycles. The number of carbonyl (C=O) groups excluding carboxylic acids is 1. The van der Waals surface area contributed by atoms with Crippen LogP contribution in [0.1, 0.15) is 24.0 Å². The molecule has 31 heavy (non-hydrogen) atoms. The zero-order valence-corrected chi connectivity index (χ0v) is 18.7. The summed E-state index contributed by atoms with van der Waals surface area (Å²) in [5.41, 5.74) is 2.93. The lowest BCUT2D eigenvalue weighted by molar-refractivity contribution is -0.121. The third-order valence-electron chi connectivity index (χ3n) is 4.95. The van der Waals surface area contributed by atoms with Crippen LogP contribution in [0.4, 0.5) is 0 Å². The Balaban J connectivity index is 1.39. The zero-order valence-electron chi connectivity index (χ0n) is 17.1. The summed E-state index contributed by atoms with van der Waals surface area (Å²) in [5, 5.41) is 10.6. The molecule has 0 atom stereocenters. The van der Waals surface area contributed by atoms with Crippen molar-refractivity contribution in [3.63, 3.8) is 0 Å². The topological polar surface area (TPSA) is 81.2 Å². The maximum Gasteiger partial charge on any atom is 0.222 e. The van der Waals surface area contributed by atoms with E-state index in [1.807, 2.05) is 41.8 Å². The van der Waals surface area contributed by atoms with Gasteiger partial charge in [0.05, 0.1) is 18.2 Å². The first-order valence-corrected chi connectivity index (χ1v) is 10.9. The second-order valence-electron chi connectivity index (χ2n) is 7.36. The van der Waals surface area contributed by atoms with Crippen molar-refractivity contribution in [2.45, 2.75) is 32.9 Å². The highest BCUT2D eigenvalue weighted by Gasteiger charge is 2.16. The van der Waals surface area contributed by atoms with Crippen molar-refractivity contribution < 1.29 is 14.3 Å². The first-order chi connectivity index (χ1) is 15.0. The van der Waals surface area contributed by atoms with Crippen molar-refractivity contribution in [1.82, 2.24) is 20.1 Å². The first-order valence-electron chi connectivity index (χ1n) is 10.1. The van der Waals surface area contributed by atoms with Crippen LogP contribution in [-0.2, 0) is 17.9 Å². The molecule has 1 amide bonds. The maximum absolute atomic E-state index is 12.5. The summed E-state index contributed by atoms with van der Waals surface area (Å²) in [6, 6.07) is 11.7. The SMILES string of the molecule is Cc1cccc(-c2n[nH]c(=S)n2CCC(=O)NCc2cc(Cl)c3c(c2)OCCCO3)c1. The molecule has 2 heterocycles. The number of H-pyrrole nitrogens is 1. The zero-order chi connectivity index (χ0) is 21.8. The van der Waals surface area contributed by atoms with E-state index in [0.717, 1.165) is 28.9 Å². The first kappa shape index (κ1) is 21.4. The quantitative estimate of drug-likeness (QED) is 0.534. The van der Waals surface area contributed by atoms with E-state index in [2.05, 4.69) is 15.5 Å². The number of amides is 1. The summed E-state index contributed by atoms with van der Waals surface area (Å²) >= 11 is 11.7. The molecule has 0 saturated carbocycles. The van der Waals surface area contributed by atoms with Gasteiger partial charge < -0.3 is 14.8 Å². The van der Waals surface area contributed by atoms with E-state index in [9.17, 15) is 4.79 Å². The minimum absolute atomic E-state index is 0.0958. The number of aryl methyl sites for hydroxylation is 1. The normalized spacial score (nSPS) is 13.0. The molecule has 162 valence electrons. The lowest BCUT2D eigenvalue weighted by Crippen LogP contribution is -2.24. The van der Waals surface area contributed by atoms with Crippen LogP contribution in [0.25, 0.3) is 11.4 Å². The minimum atomic E-state index is -0.0958. The van der Waals surface area contributed by atoms with Crippen molar-refractivity contribution >= 4 is 29.7 Å². The Labute approximate surface area is 190 Å². The molecule has 2 N–H and O–H groups in total. The highest BCUT2D eigenvalue weighted by molar-refractivity contribution is 7.71. The van der Waals surface area contributed by atoms with E-state index in [0.29, 0.717) is 47.6 Å². The number of benzene rings is 2. The Morgan fingerprint density at radius 1 is 1.29 bits per heavy atom. The van der Waals surface area contributed by atoms with Gasteiger partial charge in [0.2, 0.25) is 5.91 Å². The number of hydrogen-bond acceptors (Lipinski definition) is 5. The van der Waals surface area contributed by atoms with Crippen LogP contribution in [0.3, 0.4) is 0 Å². The number of carbonyl (C=O) groups is 1. The summed E-state index contributed by atoms with van der Waals surface area (Å²) in [5.74, 6) is 1.80. The average Bonchev–Trinajstić information content (AvgIpc) is 2.95. The number of fused-ring (bicyclic) bond motifs is 1. The van der Waals surface area contributed by atoms with Gasteiger partial charge in [0.1, 0.15) is 0 Å². The smallest absolute Gasteiger partial charge is 0.222 e. The lowest BCUT2D eigenvalue weighted by atomic mass is 10.1. The molecule has 0 fully saturated rings. The molecule has 0 saturated heterocycles. The van der Waals surface area contributed by atoms with Gasteiger partial charge in [-0.1, -0.05) is 35.4 Å². The minimum Gasteiger partial charge on any atom is -0.489 e. The molecule has 0 aliphatic carbocycles. The second-order valence-corrected chi connectivity index (χ2v) is 8.15. The van der Waals surface area contributed by atoms with Crippen molar-refractivity contribution in [2.24, 2.45) is 0 Å². The highest BCUT2D eigenvalue weighted by Crippen LogP contribution is 2.37. The Morgan fingerprint density at radius 3 is 2.97 bits per heavy atom. The Morgan fingerprint density at radius 2 is 2.13 bits per heavy atom. The number of aromatic amines is 1. The Kier molecular flexibility index (Phi) is 6.58. The van der Waals surface area contributed by atoms with Gasteiger partial charge in [-0.15, -0.1) is 0 Å². The highest BCUT2D eigenvalue weighted by atomic mass is 35.5. The van der Waals surface area contributed by atoms with Crippen LogP contribution in [0.15, 0.2) is 36.4 Å². The molecule has 0 bridgehead atoms. The standard InChI is InChI=1S/C22H23ClN4O3S/c1-14-4-2-5-16(10-14)21-25-26-22(31)27(21)7-6-19(28)24-13-15-11-17(23)20-18(12-15)29-8-3-9-30-20/h2,4-5,10-12H,3,6-9,13H2,1H3,(H,24,28)(H,26,31). The predicted octanol–water partition coefficient (Wildman–Crippen LogP) is 4.44. The van der Waals surface area contributed by atoms with Crippen molar-refractivity contribution in [2.75, 3.05) is 13.2 Å². The van der Waals surface area contributed by atoms with Crippen LogP contribution in [0, 0.1) is 11.7 Å². The molecular weight excluding hydrogens is 436 g/mol. The van der Waals surface area contributed by atoms with Gasteiger partial charge in [-0.3, -0.25) is 14.5 Å². The molecule has 2 aromatic carbocycles. The second kappa shape index (κ2) is 9.53. The summed E-state index contributed by atoms with van der Waals surface area (Å²) < 4.78 is 13.7. The molecule has 1 aliphatic rings. The van der Waals surface area contributed by atoms with Crippen LogP contribution in [0.5, 0.6) is 11.5 Å². The molecule has 0 radical (unpaired) electrons. The summed E-state index contributed by atoms with van der Waals surface area (Å²) in [7, 11) is 0. The van der Waals surface area contributed by atoms with E-state index in [4.69, 9.17) is 33.3 Å². The summed E-state index contributed by atoms with van der Waals surface area (Å²) in [4.78, 5) is 12.5. The van der Waals surface area contributed by atoms with E-state index in [-0.39, 0.29) is 12.3 Å². The van der Waals surface area contributed by atoms with Gasteiger partial charge in [0.25, 0.3) is 0 Å². The van der Waals surface area contributed by atoms with Crippen molar-refractivity contribution in [3.05, 3.63) is 57.3 Å². The van der Waals surface area contributed by atoms with Crippen molar-refractivity contribution in [1.29, 1.82) is 0 Å². The van der Waals surface area contributed by atoms with Crippen LogP contribution in [-0.4, -0.2) is 33.9 Å². The molecule has 0 unspecified atom stereocenters. The van der Waals surface area contributed by atoms with Gasteiger partial charge >= 0.3 is 0 Å². The third kappa shape index (κ3) is 5.08. The number of rotatable bonds is 6. The van der Waals surface area contributed by atoms with Gasteiger partial charge in [0.15, 0.2) is 22.1 Å². The fraction of sp³-hybridized carbons (Fsp3) is 0.318. The van der Waals surface area contributed by atoms with E-state index in [1.54, 1.807) is 6.07 Å². The largest absolute Gasteiger partial charge is 0.489 e. The van der Waals surface area contributed by atoms with Gasteiger partial charge in [-0.05, 0) is 42.9 Å². The Hall–Kier alpha value is -2.84. The number of aromatic nitrogens is 3. The molecule has 1 aliphatic heterocycles.